The maximum Gasteiger partial charge on any atom is 0.251 e. The molecule has 1 N–H and O–H groups in total. The van der Waals surface area contributed by atoms with Crippen LogP contribution >= 0.6 is 0 Å². The smallest absolute Gasteiger partial charge is 0.251 e. The molecule has 2 aromatic carbocycles. The van der Waals surface area contributed by atoms with Gasteiger partial charge in [-0.1, -0.05) is 51.1 Å². The second-order valence-electron chi connectivity index (χ2n) is 8.90. The first-order chi connectivity index (χ1) is 13.9. The van der Waals surface area contributed by atoms with Gasteiger partial charge in [-0.25, -0.2) is 0 Å². The van der Waals surface area contributed by atoms with Crippen LogP contribution in [-0.4, -0.2) is 30.1 Å². The fourth-order valence-electron chi connectivity index (χ4n) is 3.95. The van der Waals surface area contributed by atoms with Crippen LogP contribution in [-0.2, 0) is 16.6 Å². The third-order valence-electron chi connectivity index (χ3n) is 5.75. The van der Waals surface area contributed by atoms with Crippen molar-refractivity contribution in [3.63, 3.8) is 0 Å². The van der Waals surface area contributed by atoms with Gasteiger partial charge in [0.25, 0.3) is 5.91 Å². The first-order valence-electron chi connectivity index (χ1n) is 10.2. The molecule has 2 atom stereocenters. The number of nitrogens with one attached hydrogen (secondary N) is 1. The topological polar surface area (TPSA) is 51.2 Å². The molecule has 3 aromatic rings. The zero-order chi connectivity index (χ0) is 20.4. The highest BCUT2D eigenvalue weighted by molar-refractivity contribution is 5.94. The van der Waals surface area contributed by atoms with Crippen LogP contribution in [0.4, 0.5) is 0 Å². The van der Waals surface area contributed by atoms with Crippen LogP contribution in [0.15, 0.2) is 60.8 Å². The summed E-state index contributed by atoms with van der Waals surface area (Å²) in [6, 6.07) is 18.2. The summed E-state index contributed by atoms with van der Waals surface area (Å²) in [4.78, 5) is 17.2. The summed E-state index contributed by atoms with van der Waals surface area (Å²) >= 11 is 0. The van der Waals surface area contributed by atoms with Crippen LogP contribution in [0.1, 0.15) is 42.3 Å². The molecule has 0 saturated carbocycles. The van der Waals surface area contributed by atoms with Crippen LogP contribution in [0.5, 0.6) is 0 Å². The Morgan fingerprint density at radius 2 is 1.83 bits per heavy atom. The third kappa shape index (κ3) is 4.33. The van der Waals surface area contributed by atoms with Gasteiger partial charge in [0.15, 0.2) is 0 Å². The number of nitrogens with zero attached hydrogens (tertiary/aromatic N) is 1. The molecule has 4 nitrogen and oxygen atoms in total. The van der Waals surface area contributed by atoms with Crippen molar-refractivity contribution < 1.29 is 9.53 Å². The zero-order valence-corrected chi connectivity index (χ0v) is 17.3. The quantitative estimate of drug-likeness (QED) is 0.715. The number of rotatable bonds is 4. The minimum atomic E-state index is -0.0365. The highest BCUT2D eigenvalue weighted by Gasteiger charge is 2.30. The van der Waals surface area contributed by atoms with Crippen molar-refractivity contribution in [3.05, 3.63) is 77.5 Å². The first kappa shape index (κ1) is 19.6. The summed E-state index contributed by atoms with van der Waals surface area (Å²) in [6.45, 7) is 7.73. The molecule has 150 valence electrons. The Labute approximate surface area is 172 Å². The summed E-state index contributed by atoms with van der Waals surface area (Å²) in [5, 5.41) is 4.36. The SMILES string of the molecule is CC(C)(C)c1ccc(C(=O)N[C@H]2COC[C@H]2Cc2ccnc3ccccc23)cc1. The number of benzene rings is 2. The normalized spacial score (nSPS) is 19.4. The second kappa shape index (κ2) is 7.96. The number of aromatic nitrogens is 1. The monoisotopic (exact) mass is 388 g/mol. The van der Waals surface area contributed by atoms with Crippen molar-refractivity contribution >= 4 is 16.8 Å². The first-order valence-corrected chi connectivity index (χ1v) is 10.2. The van der Waals surface area contributed by atoms with Gasteiger partial charge >= 0.3 is 0 Å². The van der Waals surface area contributed by atoms with Crippen LogP contribution in [0.25, 0.3) is 10.9 Å². The van der Waals surface area contributed by atoms with Gasteiger partial charge < -0.3 is 10.1 Å². The number of pyridine rings is 1. The number of hydrogen-bond donors (Lipinski definition) is 1. The molecule has 2 heterocycles. The zero-order valence-electron chi connectivity index (χ0n) is 17.3. The lowest BCUT2D eigenvalue weighted by molar-refractivity contribution is 0.0925. The van der Waals surface area contributed by atoms with E-state index in [1.54, 1.807) is 0 Å². The molecule has 1 aliphatic heterocycles. The van der Waals surface area contributed by atoms with E-state index < -0.39 is 0 Å². The number of carbonyl (C=O) groups excluding carboxylic acids is 1. The summed E-state index contributed by atoms with van der Waals surface area (Å²) in [7, 11) is 0. The molecule has 0 unspecified atom stereocenters. The molecule has 1 fully saturated rings. The molecule has 0 radical (unpaired) electrons. The van der Waals surface area contributed by atoms with E-state index in [0.29, 0.717) is 18.8 Å². The van der Waals surface area contributed by atoms with Gasteiger partial charge in [-0.05, 0) is 47.2 Å². The lowest BCUT2D eigenvalue weighted by Crippen LogP contribution is -2.40. The predicted molar refractivity (Wildman–Crippen MR) is 116 cm³/mol. The van der Waals surface area contributed by atoms with Crippen molar-refractivity contribution in [3.8, 4) is 0 Å². The maximum atomic E-state index is 12.8. The van der Waals surface area contributed by atoms with E-state index in [-0.39, 0.29) is 23.3 Å². The predicted octanol–water partition coefficient (Wildman–Crippen LogP) is 4.52. The molecule has 1 amide bonds. The standard InChI is InChI=1S/C25H28N2O2/c1-25(2,3)20-10-8-17(9-11-20)24(28)27-23-16-29-15-19(23)14-18-12-13-26-22-7-5-4-6-21(18)22/h4-13,19,23H,14-16H2,1-3H3,(H,27,28)/t19-,23+/m1/s1. The van der Waals surface area contributed by atoms with Crippen molar-refractivity contribution in [1.82, 2.24) is 10.3 Å². The van der Waals surface area contributed by atoms with E-state index >= 15 is 0 Å². The number of ether oxygens (including phenoxy) is 1. The minimum absolute atomic E-state index is 0.0109. The van der Waals surface area contributed by atoms with Gasteiger partial charge in [0, 0.05) is 23.1 Å². The van der Waals surface area contributed by atoms with Crippen LogP contribution in [0.2, 0.25) is 0 Å². The third-order valence-corrected chi connectivity index (χ3v) is 5.75. The van der Waals surface area contributed by atoms with Gasteiger partial charge in [-0.2, -0.15) is 0 Å². The average Bonchev–Trinajstić information content (AvgIpc) is 3.14. The van der Waals surface area contributed by atoms with Gasteiger partial charge in [0.2, 0.25) is 0 Å². The Bertz CT molecular complexity index is 1000. The Morgan fingerprint density at radius 3 is 2.59 bits per heavy atom. The van der Waals surface area contributed by atoms with E-state index in [1.807, 2.05) is 48.7 Å². The Balaban J connectivity index is 1.46. The molecule has 4 heteroatoms. The van der Waals surface area contributed by atoms with Crippen LogP contribution in [0, 0.1) is 5.92 Å². The van der Waals surface area contributed by atoms with Gasteiger partial charge in [0.05, 0.1) is 24.8 Å². The Morgan fingerprint density at radius 1 is 1.07 bits per heavy atom. The van der Waals surface area contributed by atoms with E-state index in [4.69, 9.17) is 4.74 Å². The number of fused-ring (bicyclic) bond motifs is 1. The fraction of sp³-hybridized carbons (Fsp3) is 0.360. The van der Waals surface area contributed by atoms with Crippen molar-refractivity contribution in [2.24, 2.45) is 5.92 Å². The molecule has 4 rings (SSSR count). The molecule has 0 bridgehead atoms. The number of amides is 1. The van der Waals surface area contributed by atoms with Gasteiger partial charge in [0.1, 0.15) is 0 Å². The van der Waals surface area contributed by atoms with E-state index in [2.05, 4.69) is 43.2 Å². The summed E-state index contributed by atoms with van der Waals surface area (Å²) < 4.78 is 5.72. The molecule has 1 aliphatic rings. The molecule has 1 saturated heterocycles. The van der Waals surface area contributed by atoms with Crippen molar-refractivity contribution in [2.75, 3.05) is 13.2 Å². The van der Waals surface area contributed by atoms with Crippen LogP contribution in [0.3, 0.4) is 0 Å². The summed E-state index contributed by atoms with van der Waals surface area (Å²) in [5.74, 6) is 0.212. The summed E-state index contributed by atoms with van der Waals surface area (Å²) in [6.07, 6.45) is 2.72. The van der Waals surface area contributed by atoms with Gasteiger partial charge in [-0.15, -0.1) is 0 Å². The van der Waals surface area contributed by atoms with Crippen LogP contribution < -0.4 is 5.32 Å². The number of carbonyl (C=O) groups is 1. The van der Waals surface area contributed by atoms with E-state index in [1.165, 1.54) is 16.5 Å². The molecule has 29 heavy (non-hydrogen) atoms. The van der Waals surface area contributed by atoms with Crippen molar-refractivity contribution in [2.45, 2.75) is 38.6 Å². The lowest BCUT2D eigenvalue weighted by Gasteiger charge is -2.21. The highest BCUT2D eigenvalue weighted by Crippen LogP contribution is 2.25. The molecule has 0 aliphatic carbocycles. The molecular weight excluding hydrogens is 360 g/mol. The minimum Gasteiger partial charge on any atom is -0.379 e. The van der Waals surface area contributed by atoms with E-state index in [9.17, 15) is 4.79 Å². The van der Waals surface area contributed by atoms with E-state index in [0.717, 1.165) is 11.9 Å². The average molecular weight is 389 g/mol. The largest absolute Gasteiger partial charge is 0.379 e. The van der Waals surface area contributed by atoms with Gasteiger partial charge in [-0.3, -0.25) is 9.78 Å². The maximum absolute atomic E-state index is 12.8. The second-order valence-corrected chi connectivity index (χ2v) is 8.90. The van der Waals surface area contributed by atoms with Crippen molar-refractivity contribution in [1.29, 1.82) is 0 Å². The number of para-hydroxylation sites is 1. The molecule has 0 spiro atoms. The Hall–Kier alpha value is -2.72. The summed E-state index contributed by atoms with van der Waals surface area (Å²) in [5.41, 5.74) is 4.24. The Kier molecular flexibility index (Phi) is 5.37. The highest BCUT2D eigenvalue weighted by atomic mass is 16.5. The molecule has 1 aromatic heterocycles. The fourth-order valence-corrected chi connectivity index (χ4v) is 3.95. The number of hydrogen-bond acceptors (Lipinski definition) is 3. The molecular formula is C25H28N2O2. The lowest BCUT2D eigenvalue weighted by atomic mass is 9.86.